The molecule has 0 radical (unpaired) electrons. The van der Waals surface area contributed by atoms with Crippen molar-refractivity contribution >= 4 is 41.4 Å². The summed E-state index contributed by atoms with van der Waals surface area (Å²) < 4.78 is 0. The van der Waals surface area contributed by atoms with Crippen LogP contribution in [-0.2, 0) is 24.0 Å². The molecule has 45 heavy (non-hydrogen) atoms. The smallest absolute Gasteiger partial charge is 0.336 e. The second-order valence-corrected chi connectivity index (χ2v) is 12.3. The maximum Gasteiger partial charge on any atom is 0.336 e. The highest BCUT2D eigenvalue weighted by atomic mass is 16.4. The molecule has 0 heterocycles. The lowest BCUT2D eigenvalue weighted by atomic mass is 9.83. The highest BCUT2D eigenvalue weighted by Gasteiger charge is 2.37. The molecule has 7 N–H and O–H groups in total. The van der Waals surface area contributed by atoms with E-state index in [2.05, 4.69) is 21.3 Å². The average Bonchev–Trinajstić information content (AvgIpc) is 2.99. The summed E-state index contributed by atoms with van der Waals surface area (Å²) in [7, 11) is 0. The van der Waals surface area contributed by atoms with Crippen molar-refractivity contribution in [1.82, 2.24) is 26.2 Å². The molecule has 1 aromatic rings. The summed E-state index contributed by atoms with van der Waals surface area (Å²) in [6, 6.07) is 3.59. The Balaban J connectivity index is 2.13. The van der Waals surface area contributed by atoms with Gasteiger partial charge in [-0.2, -0.15) is 0 Å². The number of nitrogens with zero attached hydrogens (tertiary/aromatic N) is 1. The van der Waals surface area contributed by atoms with Crippen molar-refractivity contribution in [3.8, 4) is 0 Å². The predicted octanol–water partition coefficient (Wildman–Crippen LogP) is 0.551. The van der Waals surface area contributed by atoms with Crippen molar-refractivity contribution in [2.45, 2.75) is 78.3 Å². The third-order valence-corrected chi connectivity index (χ3v) is 7.53. The quantitative estimate of drug-likeness (QED) is 0.160. The molecule has 14 heteroatoms. The Morgan fingerprint density at radius 2 is 1.53 bits per heavy atom. The Morgan fingerprint density at radius 3 is 2.09 bits per heavy atom. The maximum absolute atomic E-state index is 13.8. The van der Waals surface area contributed by atoms with Gasteiger partial charge in [0.15, 0.2) is 0 Å². The Kier molecular flexibility index (Phi) is 14.0. The first-order valence-electron chi connectivity index (χ1n) is 15.2. The molecular formula is C31H46N6O8. The van der Waals surface area contributed by atoms with Crippen LogP contribution in [0, 0.1) is 11.3 Å². The van der Waals surface area contributed by atoms with Crippen LogP contribution < -0.4 is 27.0 Å². The predicted molar refractivity (Wildman–Crippen MR) is 165 cm³/mol. The molecule has 2 rings (SSSR count). The Hall–Kier alpha value is -4.49. The molecular weight excluding hydrogens is 584 g/mol. The van der Waals surface area contributed by atoms with E-state index < -0.39 is 65.5 Å². The number of carboxylic acids is 1. The van der Waals surface area contributed by atoms with Crippen LogP contribution in [-0.4, -0.2) is 89.7 Å². The number of benzene rings is 1. The van der Waals surface area contributed by atoms with E-state index in [1.165, 1.54) is 29.2 Å². The number of nitrogens with two attached hydrogens (primary N) is 1. The third-order valence-electron chi connectivity index (χ3n) is 7.53. The van der Waals surface area contributed by atoms with Gasteiger partial charge in [-0.05, 0) is 42.7 Å². The van der Waals surface area contributed by atoms with Gasteiger partial charge in [0.1, 0.15) is 12.1 Å². The minimum Gasteiger partial charge on any atom is -0.478 e. The lowest BCUT2D eigenvalue weighted by Gasteiger charge is -2.35. The molecule has 14 nitrogen and oxygen atoms in total. The van der Waals surface area contributed by atoms with Crippen LogP contribution in [0.5, 0.6) is 0 Å². The Bertz CT molecular complexity index is 1250. The standard InChI is InChI=1S/C31H46N6O8/c1-5-15-37(18-24(40)35-25(19-11-7-6-8-12-19)28(42)33-16-22(32)38)29(43)26(31(2,3)4)36-23(39)17-34-27(41)20-13-9-10-14-21(20)30(44)45/h9-10,13-14,19,25-26H,5-8,11-12,15-18H2,1-4H3,(H2,32,38)(H,33,42)(H,34,41)(H,35,40)(H,36,39)(H,44,45). The molecule has 248 valence electrons. The molecule has 1 aromatic carbocycles. The largest absolute Gasteiger partial charge is 0.478 e. The summed E-state index contributed by atoms with van der Waals surface area (Å²) in [4.78, 5) is 89.4. The average molecular weight is 631 g/mol. The Labute approximate surface area is 263 Å². The van der Waals surface area contributed by atoms with Crippen molar-refractivity contribution in [2.24, 2.45) is 17.1 Å². The summed E-state index contributed by atoms with van der Waals surface area (Å²) in [6.45, 7) is 5.99. The van der Waals surface area contributed by atoms with Crippen molar-refractivity contribution in [3.63, 3.8) is 0 Å². The summed E-state index contributed by atoms with van der Waals surface area (Å²) in [6.07, 6.45) is 4.79. The van der Waals surface area contributed by atoms with Crippen LogP contribution in [0.1, 0.15) is 86.9 Å². The van der Waals surface area contributed by atoms with Crippen LogP contribution in [0.4, 0.5) is 0 Å². The second-order valence-electron chi connectivity index (χ2n) is 12.3. The van der Waals surface area contributed by atoms with E-state index in [9.17, 15) is 38.7 Å². The van der Waals surface area contributed by atoms with Gasteiger partial charge in [0.25, 0.3) is 5.91 Å². The lowest BCUT2D eigenvalue weighted by molar-refractivity contribution is -0.142. The van der Waals surface area contributed by atoms with E-state index in [1.54, 1.807) is 20.8 Å². The SMILES string of the molecule is CCCN(CC(=O)NC(C(=O)NCC(N)=O)C1CCCCC1)C(=O)C(NC(=O)CNC(=O)c1ccccc1C(=O)O)C(C)(C)C. The van der Waals surface area contributed by atoms with Gasteiger partial charge < -0.3 is 37.0 Å². The number of nitrogens with one attached hydrogen (secondary N) is 4. The molecule has 2 unspecified atom stereocenters. The van der Waals surface area contributed by atoms with E-state index >= 15 is 0 Å². The first kappa shape index (κ1) is 36.7. The molecule has 1 fully saturated rings. The molecule has 1 saturated carbocycles. The van der Waals surface area contributed by atoms with Gasteiger partial charge >= 0.3 is 5.97 Å². The molecule has 6 amide bonds. The second kappa shape index (κ2) is 17.1. The molecule has 0 aliphatic heterocycles. The van der Waals surface area contributed by atoms with Gasteiger partial charge in [-0.15, -0.1) is 0 Å². The zero-order chi connectivity index (χ0) is 33.7. The number of primary amides is 1. The minimum absolute atomic E-state index is 0.115. The van der Waals surface area contributed by atoms with Crippen molar-refractivity contribution in [2.75, 3.05) is 26.2 Å². The van der Waals surface area contributed by atoms with Crippen LogP contribution in [0.15, 0.2) is 24.3 Å². The molecule has 0 bridgehead atoms. The van der Waals surface area contributed by atoms with Gasteiger partial charge in [-0.25, -0.2) is 4.79 Å². The molecule has 0 aromatic heterocycles. The Morgan fingerprint density at radius 1 is 0.911 bits per heavy atom. The zero-order valence-corrected chi connectivity index (χ0v) is 26.4. The molecule has 0 spiro atoms. The summed E-state index contributed by atoms with van der Waals surface area (Å²) >= 11 is 0. The first-order chi connectivity index (χ1) is 21.1. The molecule has 0 saturated heterocycles. The van der Waals surface area contributed by atoms with E-state index in [4.69, 9.17) is 5.73 Å². The summed E-state index contributed by atoms with van der Waals surface area (Å²) in [5.41, 5.74) is 4.04. The maximum atomic E-state index is 13.8. The molecule has 1 aliphatic carbocycles. The van der Waals surface area contributed by atoms with E-state index in [1.807, 2.05) is 6.92 Å². The van der Waals surface area contributed by atoms with Crippen molar-refractivity contribution in [1.29, 1.82) is 0 Å². The highest BCUT2D eigenvalue weighted by Crippen LogP contribution is 2.27. The van der Waals surface area contributed by atoms with E-state index in [0.717, 1.165) is 32.1 Å². The number of amides is 6. The van der Waals surface area contributed by atoms with E-state index in [0.29, 0.717) is 6.42 Å². The van der Waals surface area contributed by atoms with Gasteiger partial charge in [0, 0.05) is 6.54 Å². The van der Waals surface area contributed by atoms with Crippen molar-refractivity contribution < 1.29 is 38.7 Å². The number of hydrogen-bond donors (Lipinski definition) is 6. The number of carbonyl (C=O) groups excluding carboxylic acids is 6. The van der Waals surface area contributed by atoms with Gasteiger partial charge in [0.05, 0.1) is 30.8 Å². The summed E-state index contributed by atoms with van der Waals surface area (Å²) in [5, 5.41) is 19.6. The zero-order valence-electron chi connectivity index (χ0n) is 26.4. The number of carbonyl (C=O) groups is 7. The highest BCUT2D eigenvalue weighted by molar-refractivity contribution is 6.05. The fourth-order valence-electron chi connectivity index (χ4n) is 5.25. The van der Waals surface area contributed by atoms with Crippen molar-refractivity contribution in [3.05, 3.63) is 35.4 Å². The monoisotopic (exact) mass is 630 g/mol. The number of carboxylic acid groups (broad SMARTS) is 1. The van der Waals surface area contributed by atoms with Crippen LogP contribution >= 0.6 is 0 Å². The van der Waals surface area contributed by atoms with Crippen LogP contribution in [0.3, 0.4) is 0 Å². The number of aromatic carboxylic acids is 1. The van der Waals surface area contributed by atoms with Gasteiger partial charge in [-0.1, -0.05) is 59.1 Å². The number of hydrogen-bond acceptors (Lipinski definition) is 7. The topological polar surface area (TPSA) is 217 Å². The molecule has 1 aliphatic rings. The molecule has 2 atom stereocenters. The first-order valence-corrected chi connectivity index (χ1v) is 15.2. The summed E-state index contributed by atoms with van der Waals surface area (Å²) in [5.74, 6) is -5.20. The van der Waals surface area contributed by atoms with Gasteiger partial charge in [-0.3, -0.25) is 28.8 Å². The van der Waals surface area contributed by atoms with Crippen LogP contribution in [0.2, 0.25) is 0 Å². The lowest BCUT2D eigenvalue weighted by Crippen LogP contribution is -2.59. The fourth-order valence-corrected chi connectivity index (χ4v) is 5.25. The normalized spacial score (nSPS) is 14.8. The van der Waals surface area contributed by atoms with Gasteiger partial charge in [0.2, 0.25) is 29.5 Å². The minimum atomic E-state index is -1.29. The van der Waals surface area contributed by atoms with Crippen LogP contribution in [0.25, 0.3) is 0 Å². The third kappa shape index (κ3) is 11.5. The van der Waals surface area contributed by atoms with E-state index in [-0.39, 0.29) is 36.7 Å². The fraction of sp³-hybridized carbons (Fsp3) is 0.581. The number of rotatable bonds is 15.